The number of aromatic nitrogens is 1. The molecule has 4 nitrogen and oxygen atoms in total. The molecule has 0 aromatic carbocycles. The van der Waals surface area contributed by atoms with Gasteiger partial charge in [0.15, 0.2) is 0 Å². The van der Waals surface area contributed by atoms with Gasteiger partial charge in [-0.3, -0.25) is 9.78 Å². The van der Waals surface area contributed by atoms with E-state index >= 15 is 0 Å². The first kappa shape index (κ1) is 16.6. The second kappa shape index (κ2) is 8.00. The van der Waals surface area contributed by atoms with Gasteiger partial charge in [0, 0.05) is 32.4 Å². The minimum atomic E-state index is 0.149. The Balaban J connectivity index is 2.32. The Kier molecular flexibility index (Phi) is 6.65. The Bertz CT molecular complexity index is 403. The van der Waals surface area contributed by atoms with Crippen LogP contribution in [0.2, 0.25) is 0 Å². The van der Waals surface area contributed by atoms with Crippen LogP contribution >= 0.6 is 0 Å². The number of pyridine rings is 1. The standard InChI is InChI=1S/C16H27N3O/c1-16(2,9-10-17)8-4-15(20)19(3)13-7-14-5-11-18-12-6-14/h5-6,11-12H,4,7-10,13,17H2,1-3H3. The monoisotopic (exact) mass is 277 g/mol. The van der Waals surface area contributed by atoms with E-state index < -0.39 is 0 Å². The van der Waals surface area contributed by atoms with Crippen LogP contribution in [0.1, 0.15) is 38.7 Å². The maximum atomic E-state index is 12.1. The fraction of sp³-hybridized carbons (Fsp3) is 0.625. The number of hydrogen-bond donors (Lipinski definition) is 1. The van der Waals surface area contributed by atoms with Crippen molar-refractivity contribution in [3.63, 3.8) is 0 Å². The van der Waals surface area contributed by atoms with E-state index in [-0.39, 0.29) is 11.3 Å². The van der Waals surface area contributed by atoms with Gasteiger partial charge < -0.3 is 10.6 Å². The minimum absolute atomic E-state index is 0.149. The summed E-state index contributed by atoms with van der Waals surface area (Å²) in [7, 11) is 1.87. The van der Waals surface area contributed by atoms with Crippen molar-refractivity contribution in [2.75, 3.05) is 20.1 Å². The van der Waals surface area contributed by atoms with Crippen LogP contribution in [0.3, 0.4) is 0 Å². The smallest absolute Gasteiger partial charge is 0.222 e. The SMILES string of the molecule is CN(CCc1ccncc1)C(=O)CCC(C)(C)CCN. The van der Waals surface area contributed by atoms with Crippen molar-refractivity contribution in [2.24, 2.45) is 11.1 Å². The predicted octanol–water partition coefficient (Wildman–Crippen LogP) is 2.24. The van der Waals surface area contributed by atoms with Gasteiger partial charge in [0.2, 0.25) is 5.91 Å². The molecule has 0 spiro atoms. The molecule has 4 heteroatoms. The van der Waals surface area contributed by atoms with Crippen molar-refractivity contribution in [1.29, 1.82) is 0 Å². The molecule has 1 amide bonds. The largest absolute Gasteiger partial charge is 0.345 e. The maximum absolute atomic E-state index is 12.1. The molecule has 0 aliphatic heterocycles. The number of nitrogens with two attached hydrogens (primary N) is 1. The highest BCUT2D eigenvalue weighted by Crippen LogP contribution is 2.26. The zero-order valence-electron chi connectivity index (χ0n) is 12.9. The Morgan fingerprint density at radius 2 is 1.95 bits per heavy atom. The first-order valence-electron chi connectivity index (χ1n) is 7.27. The van der Waals surface area contributed by atoms with Gasteiger partial charge in [-0.25, -0.2) is 0 Å². The van der Waals surface area contributed by atoms with Gasteiger partial charge in [-0.15, -0.1) is 0 Å². The zero-order valence-corrected chi connectivity index (χ0v) is 12.9. The lowest BCUT2D eigenvalue weighted by atomic mass is 9.84. The number of rotatable bonds is 8. The van der Waals surface area contributed by atoms with E-state index in [2.05, 4.69) is 18.8 Å². The first-order chi connectivity index (χ1) is 9.44. The van der Waals surface area contributed by atoms with Gasteiger partial charge in [-0.2, -0.15) is 0 Å². The van der Waals surface area contributed by atoms with E-state index in [1.54, 1.807) is 12.4 Å². The summed E-state index contributed by atoms with van der Waals surface area (Å²) in [6, 6.07) is 3.98. The van der Waals surface area contributed by atoms with Crippen LogP contribution < -0.4 is 5.73 Å². The van der Waals surface area contributed by atoms with Crippen LogP contribution in [-0.4, -0.2) is 35.9 Å². The summed E-state index contributed by atoms with van der Waals surface area (Å²) in [5.74, 6) is 0.212. The van der Waals surface area contributed by atoms with Crippen molar-refractivity contribution in [2.45, 2.75) is 39.5 Å². The molecule has 0 saturated carbocycles. The van der Waals surface area contributed by atoms with E-state index in [0.717, 1.165) is 25.8 Å². The van der Waals surface area contributed by atoms with E-state index in [9.17, 15) is 4.79 Å². The molecule has 112 valence electrons. The molecular weight excluding hydrogens is 250 g/mol. The quantitative estimate of drug-likeness (QED) is 0.792. The normalized spacial score (nSPS) is 11.4. The summed E-state index contributed by atoms with van der Waals surface area (Å²) in [5, 5.41) is 0. The molecule has 1 heterocycles. The van der Waals surface area contributed by atoms with Crippen LogP contribution in [0.25, 0.3) is 0 Å². The zero-order chi connectivity index (χ0) is 15.0. The lowest BCUT2D eigenvalue weighted by Gasteiger charge is -2.25. The number of nitrogens with zero attached hydrogens (tertiary/aromatic N) is 2. The molecule has 1 aromatic heterocycles. The number of likely N-dealkylation sites (N-methyl/N-ethyl adjacent to an activating group) is 1. The van der Waals surface area contributed by atoms with E-state index in [4.69, 9.17) is 5.73 Å². The van der Waals surface area contributed by atoms with Crippen LogP contribution in [0.5, 0.6) is 0 Å². The van der Waals surface area contributed by atoms with Crippen molar-refractivity contribution >= 4 is 5.91 Å². The van der Waals surface area contributed by atoms with E-state index in [0.29, 0.717) is 13.0 Å². The van der Waals surface area contributed by atoms with Gasteiger partial charge in [0.1, 0.15) is 0 Å². The molecule has 0 atom stereocenters. The fourth-order valence-electron chi connectivity index (χ4n) is 2.12. The Morgan fingerprint density at radius 3 is 2.55 bits per heavy atom. The molecule has 0 fully saturated rings. The Hall–Kier alpha value is -1.42. The summed E-state index contributed by atoms with van der Waals surface area (Å²) in [5.41, 5.74) is 6.95. The van der Waals surface area contributed by atoms with Gasteiger partial charge in [-0.1, -0.05) is 13.8 Å². The number of hydrogen-bond acceptors (Lipinski definition) is 3. The molecule has 2 N–H and O–H groups in total. The molecule has 0 aliphatic carbocycles. The summed E-state index contributed by atoms with van der Waals surface area (Å²) < 4.78 is 0. The Morgan fingerprint density at radius 1 is 1.30 bits per heavy atom. The number of carbonyl (C=O) groups is 1. The molecule has 20 heavy (non-hydrogen) atoms. The topological polar surface area (TPSA) is 59.2 Å². The molecule has 0 aliphatic rings. The number of carbonyl (C=O) groups excluding carboxylic acids is 1. The van der Waals surface area contributed by atoms with E-state index in [1.165, 1.54) is 5.56 Å². The van der Waals surface area contributed by atoms with Crippen molar-refractivity contribution < 1.29 is 4.79 Å². The highest BCUT2D eigenvalue weighted by Gasteiger charge is 2.19. The van der Waals surface area contributed by atoms with Crippen LogP contribution in [-0.2, 0) is 11.2 Å². The van der Waals surface area contributed by atoms with Crippen molar-refractivity contribution in [3.8, 4) is 0 Å². The van der Waals surface area contributed by atoms with Crippen LogP contribution in [0.15, 0.2) is 24.5 Å². The highest BCUT2D eigenvalue weighted by molar-refractivity contribution is 5.75. The minimum Gasteiger partial charge on any atom is -0.345 e. The van der Waals surface area contributed by atoms with Gasteiger partial charge >= 0.3 is 0 Å². The lowest BCUT2D eigenvalue weighted by molar-refractivity contribution is -0.130. The summed E-state index contributed by atoms with van der Waals surface area (Å²) >= 11 is 0. The second-order valence-electron chi connectivity index (χ2n) is 6.12. The molecule has 0 saturated heterocycles. The highest BCUT2D eigenvalue weighted by atomic mass is 16.2. The summed E-state index contributed by atoms with van der Waals surface area (Å²) in [6.45, 7) is 5.77. The van der Waals surface area contributed by atoms with Crippen LogP contribution in [0, 0.1) is 5.41 Å². The van der Waals surface area contributed by atoms with Crippen molar-refractivity contribution in [3.05, 3.63) is 30.1 Å². The molecule has 1 aromatic rings. The lowest BCUT2D eigenvalue weighted by Crippen LogP contribution is -2.30. The third-order valence-corrected chi connectivity index (χ3v) is 3.75. The molecular formula is C16H27N3O. The Labute approximate surface area is 122 Å². The molecule has 1 rings (SSSR count). The second-order valence-corrected chi connectivity index (χ2v) is 6.12. The third kappa shape index (κ3) is 6.15. The third-order valence-electron chi connectivity index (χ3n) is 3.75. The average Bonchev–Trinajstić information content (AvgIpc) is 2.43. The average molecular weight is 277 g/mol. The summed E-state index contributed by atoms with van der Waals surface area (Å²) in [6.07, 6.45) is 6.89. The molecule has 0 radical (unpaired) electrons. The van der Waals surface area contributed by atoms with Crippen molar-refractivity contribution in [1.82, 2.24) is 9.88 Å². The predicted molar refractivity (Wildman–Crippen MR) is 82.3 cm³/mol. The van der Waals surface area contributed by atoms with Gasteiger partial charge in [-0.05, 0) is 48.9 Å². The fourth-order valence-corrected chi connectivity index (χ4v) is 2.12. The van der Waals surface area contributed by atoms with E-state index in [1.807, 2.05) is 24.1 Å². The van der Waals surface area contributed by atoms with Gasteiger partial charge in [0.25, 0.3) is 0 Å². The first-order valence-corrected chi connectivity index (χ1v) is 7.27. The van der Waals surface area contributed by atoms with Gasteiger partial charge in [0.05, 0.1) is 0 Å². The maximum Gasteiger partial charge on any atom is 0.222 e. The molecule has 0 bridgehead atoms. The molecule has 0 unspecified atom stereocenters. The number of amides is 1. The summed E-state index contributed by atoms with van der Waals surface area (Å²) in [4.78, 5) is 17.9. The van der Waals surface area contributed by atoms with Crippen LogP contribution in [0.4, 0.5) is 0 Å².